The summed E-state index contributed by atoms with van der Waals surface area (Å²) in [7, 11) is 0. The molecule has 0 fully saturated rings. The summed E-state index contributed by atoms with van der Waals surface area (Å²) in [5.41, 5.74) is 2.31. The molecule has 8 heteroatoms. The third kappa shape index (κ3) is 4.69. The average Bonchev–Trinajstić information content (AvgIpc) is 3.09. The van der Waals surface area contributed by atoms with Crippen molar-refractivity contribution >= 4 is 22.4 Å². The van der Waals surface area contributed by atoms with E-state index in [0.29, 0.717) is 22.8 Å². The van der Waals surface area contributed by atoms with E-state index in [1.54, 1.807) is 13.0 Å². The van der Waals surface area contributed by atoms with E-state index in [0.717, 1.165) is 22.0 Å². The lowest BCUT2D eigenvalue weighted by Gasteiger charge is -2.14. The smallest absolute Gasteiger partial charge is 0.387 e. The highest BCUT2D eigenvalue weighted by atomic mass is 19.3. The van der Waals surface area contributed by atoms with Crippen LogP contribution in [0.3, 0.4) is 0 Å². The number of rotatable bonds is 7. The number of anilines is 1. The zero-order valence-corrected chi connectivity index (χ0v) is 17.4. The third-order valence-electron chi connectivity index (χ3n) is 4.98. The van der Waals surface area contributed by atoms with Gasteiger partial charge in [-0.3, -0.25) is 4.79 Å². The van der Waals surface area contributed by atoms with E-state index >= 15 is 0 Å². The van der Waals surface area contributed by atoms with Crippen LogP contribution in [-0.4, -0.2) is 17.7 Å². The normalized spacial score (nSPS) is 11.0. The molecule has 164 valence electrons. The number of nitrogens with one attached hydrogen (secondary N) is 1. The number of benzene rings is 3. The Labute approximate surface area is 182 Å². The number of ether oxygens (including phenoxy) is 2. The molecule has 0 radical (unpaired) electrons. The molecule has 1 amide bonds. The lowest BCUT2D eigenvalue weighted by molar-refractivity contribution is -0.0498. The number of hydrogen-bond donors (Lipinski definition) is 1. The van der Waals surface area contributed by atoms with Gasteiger partial charge in [0.1, 0.15) is 23.9 Å². The van der Waals surface area contributed by atoms with E-state index in [1.807, 2.05) is 37.3 Å². The van der Waals surface area contributed by atoms with Gasteiger partial charge in [0.15, 0.2) is 0 Å². The Kier molecular flexibility index (Phi) is 6.02. The summed E-state index contributed by atoms with van der Waals surface area (Å²) in [4.78, 5) is 13.1. The zero-order chi connectivity index (χ0) is 22.7. The van der Waals surface area contributed by atoms with E-state index in [1.165, 1.54) is 24.3 Å². The predicted octanol–water partition coefficient (Wildman–Crippen LogP) is 5.88. The fraction of sp³-hybridized carbons (Fsp3) is 0.167. The highest BCUT2D eigenvalue weighted by molar-refractivity contribution is 6.08. The van der Waals surface area contributed by atoms with E-state index in [9.17, 15) is 13.6 Å². The third-order valence-corrected chi connectivity index (χ3v) is 4.98. The Bertz CT molecular complexity index is 1230. The summed E-state index contributed by atoms with van der Waals surface area (Å²) in [6, 6.07) is 16.9. The van der Waals surface area contributed by atoms with E-state index in [2.05, 4.69) is 15.2 Å². The number of aromatic nitrogens is 1. The molecule has 0 bridgehead atoms. The fourth-order valence-electron chi connectivity index (χ4n) is 3.29. The first-order valence-corrected chi connectivity index (χ1v) is 9.84. The lowest BCUT2D eigenvalue weighted by atomic mass is 10.0. The van der Waals surface area contributed by atoms with E-state index in [4.69, 9.17) is 9.26 Å². The molecule has 6 nitrogen and oxygen atoms in total. The van der Waals surface area contributed by atoms with Crippen molar-refractivity contribution in [3.05, 3.63) is 83.2 Å². The van der Waals surface area contributed by atoms with E-state index in [-0.39, 0.29) is 12.4 Å². The Morgan fingerprint density at radius 2 is 1.75 bits per heavy atom. The first kappa shape index (κ1) is 21.3. The molecule has 0 aliphatic carbocycles. The Hall–Kier alpha value is -3.94. The fourth-order valence-corrected chi connectivity index (χ4v) is 3.29. The topological polar surface area (TPSA) is 73.6 Å². The number of alkyl halides is 2. The monoisotopic (exact) mass is 438 g/mol. The quantitative estimate of drug-likeness (QED) is 0.390. The van der Waals surface area contributed by atoms with Crippen LogP contribution in [0.15, 0.2) is 65.2 Å². The van der Waals surface area contributed by atoms with Gasteiger partial charge in [-0.25, -0.2) is 0 Å². The SMILES string of the molecule is Cc1noc(C)c1COc1cc2ccccc2cc1C(=O)Nc1ccc(OC(F)F)cc1. The molecule has 4 rings (SSSR count). The summed E-state index contributed by atoms with van der Waals surface area (Å²) in [6.45, 7) is 0.906. The number of amides is 1. The molecule has 4 aromatic rings. The van der Waals surface area contributed by atoms with Crippen LogP contribution in [0.4, 0.5) is 14.5 Å². The lowest BCUT2D eigenvalue weighted by Crippen LogP contribution is -2.14. The van der Waals surface area contributed by atoms with E-state index < -0.39 is 12.5 Å². The number of carbonyl (C=O) groups is 1. The van der Waals surface area contributed by atoms with Gasteiger partial charge >= 0.3 is 6.61 Å². The molecule has 0 aliphatic rings. The molecule has 32 heavy (non-hydrogen) atoms. The molecule has 0 saturated heterocycles. The van der Waals surface area contributed by atoms with Gasteiger partial charge in [0.05, 0.1) is 16.8 Å². The van der Waals surface area contributed by atoms with Crippen LogP contribution in [0.1, 0.15) is 27.4 Å². The second kappa shape index (κ2) is 9.05. The van der Waals surface area contributed by atoms with Gasteiger partial charge in [-0.15, -0.1) is 0 Å². The molecular weight excluding hydrogens is 418 g/mol. The van der Waals surface area contributed by atoms with Crippen molar-refractivity contribution in [1.29, 1.82) is 0 Å². The van der Waals surface area contributed by atoms with Crippen LogP contribution in [0.5, 0.6) is 11.5 Å². The van der Waals surface area contributed by atoms with Crippen molar-refractivity contribution < 1.29 is 27.6 Å². The Morgan fingerprint density at radius 3 is 2.38 bits per heavy atom. The van der Waals surface area contributed by atoms with Crippen molar-refractivity contribution in [3.63, 3.8) is 0 Å². The van der Waals surface area contributed by atoms with Gasteiger partial charge in [-0.1, -0.05) is 29.4 Å². The molecule has 1 heterocycles. The van der Waals surface area contributed by atoms with Crippen LogP contribution in [0.2, 0.25) is 0 Å². The second-order valence-electron chi connectivity index (χ2n) is 7.14. The molecular formula is C24H20F2N2O4. The molecule has 1 aromatic heterocycles. The highest BCUT2D eigenvalue weighted by Gasteiger charge is 2.17. The predicted molar refractivity (Wildman–Crippen MR) is 115 cm³/mol. The number of halogens is 2. The molecule has 0 saturated carbocycles. The molecule has 1 N–H and O–H groups in total. The van der Waals surface area contributed by atoms with Gasteiger partial charge in [-0.2, -0.15) is 8.78 Å². The van der Waals surface area contributed by atoms with Gasteiger partial charge in [-0.05, 0) is 61.0 Å². The molecule has 0 spiro atoms. The second-order valence-corrected chi connectivity index (χ2v) is 7.14. The highest BCUT2D eigenvalue weighted by Crippen LogP contribution is 2.29. The molecule has 0 unspecified atom stereocenters. The van der Waals surface area contributed by atoms with Crippen molar-refractivity contribution in [2.75, 3.05) is 5.32 Å². The minimum absolute atomic E-state index is 0.00666. The van der Waals surface area contributed by atoms with Crippen molar-refractivity contribution in [2.45, 2.75) is 27.1 Å². The van der Waals surface area contributed by atoms with Gasteiger partial charge in [0.25, 0.3) is 5.91 Å². The van der Waals surface area contributed by atoms with Crippen molar-refractivity contribution in [1.82, 2.24) is 5.16 Å². The standard InChI is InChI=1S/C24H20F2N2O4/c1-14-21(15(2)32-28-14)13-30-22-12-17-6-4-3-5-16(17)11-20(22)23(29)27-18-7-9-19(10-8-18)31-24(25)26/h3-12,24H,13H2,1-2H3,(H,27,29). The van der Waals surface area contributed by atoms with Gasteiger partial charge < -0.3 is 19.3 Å². The number of carbonyl (C=O) groups excluding carboxylic acids is 1. The van der Waals surface area contributed by atoms with Crippen LogP contribution in [0.25, 0.3) is 10.8 Å². The van der Waals surface area contributed by atoms with Crippen molar-refractivity contribution in [3.8, 4) is 11.5 Å². The summed E-state index contributed by atoms with van der Waals surface area (Å²) in [6.07, 6.45) is 0. The van der Waals surface area contributed by atoms with Crippen LogP contribution >= 0.6 is 0 Å². The first-order valence-electron chi connectivity index (χ1n) is 9.84. The number of nitrogens with zero attached hydrogens (tertiary/aromatic N) is 1. The van der Waals surface area contributed by atoms with Gasteiger partial charge in [0, 0.05) is 5.69 Å². The minimum Gasteiger partial charge on any atom is -0.488 e. The van der Waals surface area contributed by atoms with Crippen LogP contribution in [0, 0.1) is 13.8 Å². The maximum atomic E-state index is 13.1. The maximum absolute atomic E-state index is 13.1. The van der Waals surface area contributed by atoms with Crippen LogP contribution < -0.4 is 14.8 Å². The maximum Gasteiger partial charge on any atom is 0.387 e. The molecule has 0 aliphatic heterocycles. The summed E-state index contributed by atoms with van der Waals surface area (Å²) in [5, 5.41) is 8.49. The van der Waals surface area contributed by atoms with Gasteiger partial charge in [0.2, 0.25) is 0 Å². The summed E-state index contributed by atoms with van der Waals surface area (Å²) < 4.78 is 40.2. The van der Waals surface area contributed by atoms with Crippen LogP contribution in [-0.2, 0) is 6.61 Å². The summed E-state index contributed by atoms with van der Waals surface area (Å²) in [5.74, 6) is 0.665. The number of fused-ring (bicyclic) bond motifs is 1. The average molecular weight is 438 g/mol. The molecule has 3 aromatic carbocycles. The Morgan fingerprint density at radius 1 is 1.06 bits per heavy atom. The minimum atomic E-state index is -2.91. The van der Waals surface area contributed by atoms with Crippen molar-refractivity contribution in [2.24, 2.45) is 0 Å². The first-order chi connectivity index (χ1) is 15.4. The summed E-state index contributed by atoms with van der Waals surface area (Å²) >= 11 is 0. The zero-order valence-electron chi connectivity index (χ0n) is 17.4. The number of aryl methyl sites for hydroxylation is 2. The largest absolute Gasteiger partial charge is 0.488 e. The molecule has 0 atom stereocenters. The Balaban J connectivity index is 1.61. The number of hydrogen-bond acceptors (Lipinski definition) is 5.